The summed E-state index contributed by atoms with van der Waals surface area (Å²) in [5, 5.41) is 8.55. The monoisotopic (exact) mass is 206 g/mol. The molecular formula is C11H10O4. The lowest BCUT2D eigenvalue weighted by Crippen LogP contribution is -2.16. The van der Waals surface area contributed by atoms with Crippen molar-refractivity contribution in [2.24, 2.45) is 0 Å². The number of rotatable bonds is 4. The van der Waals surface area contributed by atoms with Crippen molar-refractivity contribution in [1.29, 1.82) is 0 Å². The lowest BCUT2D eigenvalue weighted by Gasteiger charge is -2.03. The van der Waals surface area contributed by atoms with Crippen LogP contribution in [0.3, 0.4) is 0 Å². The molecule has 0 aliphatic carbocycles. The van der Waals surface area contributed by atoms with Gasteiger partial charge in [0.25, 0.3) is 5.78 Å². The van der Waals surface area contributed by atoms with E-state index < -0.39 is 11.8 Å². The summed E-state index contributed by atoms with van der Waals surface area (Å²) in [5.41, 5.74) is 0.129. The van der Waals surface area contributed by atoms with Crippen molar-refractivity contribution in [1.82, 2.24) is 0 Å². The Balaban J connectivity index is 3.23. The van der Waals surface area contributed by atoms with Crippen molar-refractivity contribution < 1.29 is 19.5 Å². The number of carbonyl (C=O) groups excluding carboxylic acids is 2. The van der Waals surface area contributed by atoms with Crippen molar-refractivity contribution in [2.75, 3.05) is 0 Å². The number of Topliss-reactive ketones (excluding diaryl/α,β-unsaturated/α-hetero) is 2. The van der Waals surface area contributed by atoms with Gasteiger partial charge in [0.15, 0.2) is 5.78 Å². The summed E-state index contributed by atoms with van der Waals surface area (Å²) in [7, 11) is 0. The summed E-state index contributed by atoms with van der Waals surface area (Å²) in [6.45, 7) is 1.66. The van der Waals surface area contributed by atoms with Gasteiger partial charge in [-0.1, -0.05) is 31.2 Å². The minimum Gasteiger partial charge on any atom is -0.475 e. The fraction of sp³-hybridized carbons (Fsp3) is 0.182. The molecule has 0 aliphatic rings. The molecule has 1 rings (SSSR count). The van der Waals surface area contributed by atoms with Gasteiger partial charge < -0.3 is 5.11 Å². The zero-order valence-corrected chi connectivity index (χ0v) is 8.19. The molecule has 0 atom stereocenters. The molecule has 0 amide bonds. The van der Waals surface area contributed by atoms with Crippen LogP contribution < -0.4 is 0 Å². The van der Waals surface area contributed by atoms with Gasteiger partial charge in [0, 0.05) is 17.5 Å². The van der Waals surface area contributed by atoms with E-state index in [0.29, 0.717) is 0 Å². The molecule has 1 aromatic rings. The molecule has 15 heavy (non-hydrogen) atoms. The number of aliphatic carboxylic acids is 1. The fourth-order valence-corrected chi connectivity index (χ4v) is 1.23. The van der Waals surface area contributed by atoms with E-state index >= 15 is 0 Å². The normalized spacial score (nSPS) is 9.67. The smallest absolute Gasteiger partial charge is 0.377 e. The Morgan fingerprint density at radius 1 is 1.13 bits per heavy atom. The van der Waals surface area contributed by atoms with Crippen LogP contribution in [-0.4, -0.2) is 22.6 Å². The third-order valence-electron chi connectivity index (χ3n) is 1.99. The van der Waals surface area contributed by atoms with Crippen LogP contribution in [0, 0.1) is 0 Å². The van der Waals surface area contributed by atoms with Gasteiger partial charge in [-0.25, -0.2) is 4.79 Å². The molecule has 0 bridgehead atoms. The van der Waals surface area contributed by atoms with Gasteiger partial charge >= 0.3 is 5.97 Å². The Morgan fingerprint density at radius 2 is 1.67 bits per heavy atom. The first-order chi connectivity index (χ1) is 7.07. The molecule has 0 fully saturated rings. The standard InChI is InChI=1S/C11H10O4/c1-2-9(12)7-5-3-4-6-8(7)10(13)11(14)15/h3-6H,2H2,1H3,(H,14,15). The Labute approximate surface area is 86.5 Å². The first-order valence-electron chi connectivity index (χ1n) is 4.47. The summed E-state index contributed by atoms with van der Waals surface area (Å²) in [4.78, 5) is 33.2. The van der Waals surface area contributed by atoms with Gasteiger partial charge in [-0.15, -0.1) is 0 Å². The highest BCUT2D eigenvalue weighted by Gasteiger charge is 2.20. The van der Waals surface area contributed by atoms with E-state index in [2.05, 4.69) is 0 Å². The third-order valence-corrected chi connectivity index (χ3v) is 1.99. The summed E-state index contributed by atoms with van der Waals surface area (Å²) in [6, 6.07) is 5.94. The lowest BCUT2D eigenvalue weighted by molar-refractivity contribution is -0.131. The van der Waals surface area contributed by atoms with Crippen LogP contribution in [0.1, 0.15) is 34.1 Å². The maximum absolute atomic E-state index is 11.4. The van der Waals surface area contributed by atoms with E-state index in [1.165, 1.54) is 18.2 Å². The molecule has 1 aromatic carbocycles. The van der Waals surface area contributed by atoms with E-state index in [-0.39, 0.29) is 23.3 Å². The third kappa shape index (κ3) is 2.28. The van der Waals surface area contributed by atoms with Crippen LogP contribution in [0.5, 0.6) is 0 Å². The summed E-state index contributed by atoms with van der Waals surface area (Å²) < 4.78 is 0. The highest BCUT2D eigenvalue weighted by Crippen LogP contribution is 2.12. The zero-order chi connectivity index (χ0) is 11.4. The maximum atomic E-state index is 11.4. The van der Waals surface area contributed by atoms with Crippen LogP contribution in [-0.2, 0) is 4.79 Å². The number of ketones is 2. The summed E-state index contributed by atoms with van der Waals surface area (Å²) in [5.74, 6) is -2.83. The quantitative estimate of drug-likeness (QED) is 0.599. The van der Waals surface area contributed by atoms with Crippen molar-refractivity contribution >= 4 is 17.5 Å². The number of carboxylic acids is 1. The molecule has 0 heterocycles. The molecule has 0 spiro atoms. The number of benzene rings is 1. The highest BCUT2D eigenvalue weighted by atomic mass is 16.4. The van der Waals surface area contributed by atoms with Gasteiger partial charge in [0.1, 0.15) is 0 Å². The van der Waals surface area contributed by atoms with Crippen molar-refractivity contribution in [3.8, 4) is 0 Å². The fourth-order valence-electron chi connectivity index (χ4n) is 1.23. The Bertz CT molecular complexity index is 420. The minimum atomic E-state index is -1.55. The van der Waals surface area contributed by atoms with Crippen LogP contribution in [0.4, 0.5) is 0 Å². The van der Waals surface area contributed by atoms with Gasteiger partial charge in [-0.05, 0) is 0 Å². The van der Waals surface area contributed by atoms with Crippen molar-refractivity contribution in [3.05, 3.63) is 35.4 Å². The summed E-state index contributed by atoms with van der Waals surface area (Å²) in [6.07, 6.45) is 0.240. The zero-order valence-electron chi connectivity index (χ0n) is 8.19. The number of carbonyl (C=O) groups is 3. The average Bonchev–Trinajstić information content (AvgIpc) is 2.27. The van der Waals surface area contributed by atoms with Crippen molar-refractivity contribution in [3.63, 3.8) is 0 Å². The van der Waals surface area contributed by atoms with E-state index in [0.717, 1.165) is 0 Å². The first-order valence-corrected chi connectivity index (χ1v) is 4.47. The maximum Gasteiger partial charge on any atom is 0.377 e. The Kier molecular flexibility index (Phi) is 3.33. The average molecular weight is 206 g/mol. The SMILES string of the molecule is CCC(=O)c1ccccc1C(=O)C(=O)O. The number of hydrogen-bond acceptors (Lipinski definition) is 3. The molecule has 0 unspecified atom stereocenters. The van der Waals surface area contributed by atoms with Crippen LogP contribution >= 0.6 is 0 Å². The Morgan fingerprint density at radius 3 is 2.13 bits per heavy atom. The molecule has 0 saturated heterocycles. The predicted molar refractivity (Wildman–Crippen MR) is 53.0 cm³/mol. The molecular weight excluding hydrogens is 196 g/mol. The number of hydrogen-bond donors (Lipinski definition) is 1. The van der Waals surface area contributed by atoms with Gasteiger partial charge in [-0.3, -0.25) is 9.59 Å². The van der Waals surface area contributed by atoms with Crippen LogP contribution in [0.25, 0.3) is 0 Å². The van der Waals surface area contributed by atoms with E-state index in [1.807, 2.05) is 0 Å². The molecule has 4 heteroatoms. The molecule has 0 saturated carbocycles. The van der Waals surface area contributed by atoms with Crippen LogP contribution in [0.15, 0.2) is 24.3 Å². The van der Waals surface area contributed by atoms with Crippen LogP contribution in [0.2, 0.25) is 0 Å². The molecule has 0 aromatic heterocycles. The largest absolute Gasteiger partial charge is 0.475 e. The topological polar surface area (TPSA) is 71.4 Å². The minimum absolute atomic E-state index is 0.0446. The van der Waals surface area contributed by atoms with Gasteiger partial charge in [0.05, 0.1) is 0 Å². The second kappa shape index (κ2) is 4.50. The summed E-state index contributed by atoms with van der Waals surface area (Å²) >= 11 is 0. The van der Waals surface area contributed by atoms with E-state index in [4.69, 9.17) is 5.11 Å². The second-order valence-corrected chi connectivity index (χ2v) is 2.96. The van der Waals surface area contributed by atoms with Gasteiger partial charge in [-0.2, -0.15) is 0 Å². The second-order valence-electron chi connectivity index (χ2n) is 2.96. The predicted octanol–water partition coefficient (Wildman–Crippen LogP) is 1.55. The lowest BCUT2D eigenvalue weighted by atomic mass is 9.99. The molecule has 78 valence electrons. The van der Waals surface area contributed by atoms with Crippen molar-refractivity contribution in [2.45, 2.75) is 13.3 Å². The Hall–Kier alpha value is -1.97. The highest BCUT2D eigenvalue weighted by molar-refractivity contribution is 6.41. The first kappa shape index (κ1) is 11.1. The molecule has 0 radical (unpaired) electrons. The molecule has 0 aliphatic heterocycles. The molecule has 4 nitrogen and oxygen atoms in total. The van der Waals surface area contributed by atoms with E-state index in [9.17, 15) is 14.4 Å². The van der Waals surface area contributed by atoms with E-state index in [1.54, 1.807) is 13.0 Å². The number of carboxylic acid groups (broad SMARTS) is 1. The molecule has 1 N–H and O–H groups in total. The van der Waals surface area contributed by atoms with Gasteiger partial charge in [0.2, 0.25) is 0 Å².